The number of imide groups is 1. The molecule has 11 heteroatoms. The highest BCUT2D eigenvalue weighted by atomic mass is 32.2. The third-order valence-corrected chi connectivity index (χ3v) is 11.2. The molecule has 3 amide bonds. The minimum atomic E-state index is -4.42. The number of carbonyl (C=O) groups is 2. The predicted molar refractivity (Wildman–Crippen MR) is 176 cm³/mol. The van der Waals surface area contributed by atoms with E-state index >= 15 is 0 Å². The number of hydrogen-bond acceptors (Lipinski definition) is 7. The number of amides is 3. The number of nitrogens with two attached hydrogens (primary N) is 1. The Morgan fingerprint density at radius 2 is 1.76 bits per heavy atom. The van der Waals surface area contributed by atoms with Crippen molar-refractivity contribution in [2.75, 3.05) is 13.1 Å². The zero-order valence-electron chi connectivity index (χ0n) is 25.4. The van der Waals surface area contributed by atoms with Crippen LogP contribution in [0.5, 0.6) is 11.5 Å². The fraction of sp³-hybridized carbons (Fsp3) is 0.353. The third-order valence-electron chi connectivity index (χ3n) is 9.11. The van der Waals surface area contributed by atoms with Gasteiger partial charge >= 0.3 is 6.03 Å². The molecule has 1 aromatic heterocycles. The second kappa shape index (κ2) is 12.5. The van der Waals surface area contributed by atoms with Crippen LogP contribution in [0.1, 0.15) is 42.4 Å². The van der Waals surface area contributed by atoms with Crippen LogP contribution in [0.25, 0.3) is 10.9 Å². The number of nitrogens with zero attached hydrogens (tertiary/aromatic N) is 2. The van der Waals surface area contributed by atoms with Gasteiger partial charge in [-0.2, -0.15) is 0 Å². The monoisotopic (exact) mass is 646 g/mol. The molecular formula is C34H38N4O5S2. The molecule has 0 bridgehead atoms. The predicted octanol–water partition coefficient (Wildman–Crippen LogP) is 6.20. The largest absolute Gasteiger partial charge is 0.457 e. The van der Waals surface area contributed by atoms with E-state index in [0.29, 0.717) is 29.5 Å². The molecule has 3 atom stereocenters. The van der Waals surface area contributed by atoms with Crippen molar-refractivity contribution in [1.82, 2.24) is 14.2 Å². The Labute approximate surface area is 269 Å². The van der Waals surface area contributed by atoms with Gasteiger partial charge in [0.1, 0.15) is 17.5 Å². The SMILES string of the molecule is Cc1cc(S(=O)(=O)N2C(=O)N(CC3CCCC(CN)C3)C(=O)C2Cc2c[nH]c3c(C)cccc23)ccc1Oc1ccc(S)cc1. The number of sulfonamides is 1. The summed E-state index contributed by atoms with van der Waals surface area (Å²) in [5.74, 6) is 0.973. The van der Waals surface area contributed by atoms with Gasteiger partial charge in [0.05, 0.1) is 4.90 Å². The van der Waals surface area contributed by atoms with E-state index in [4.69, 9.17) is 10.5 Å². The Kier molecular flexibility index (Phi) is 8.69. The molecule has 4 aromatic rings. The van der Waals surface area contributed by atoms with Gasteiger partial charge in [-0.1, -0.05) is 24.6 Å². The van der Waals surface area contributed by atoms with E-state index in [-0.39, 0.29) is 23.8 Å². The minimum Gasteiger partial charge on any atom is -0.457 e. The van der Waals surface area contributed by atoms with Gasteiger partial charge in [0.15, 0.2) is 0 Å². The number of ether oxygens (including phenoxy) is 1. The highest BCUT2D eigenvalue weighted by Gasteiger charge is 2.52. The molecule has 0 radical (unpaired) electrons. The molecule has 6 rings (SSSR count). The van der Waals surface area contributed by atoms with Crippen LogP contribution in [-0.2, 0) is 21.2 Å². The van der Waals surface area contributed by atoms with Gasteiger partial charge in [-0.05, 0) is 111 Å². The van der Waals surface area contributed by atoms with E-state index < -0.39 is 28.0 Å². The highest BCUT2D eigenvalue weighted by molar-refractivity contribution is 7.89. The molecule has 236 valence electrons. The lowest BCUT2D eigenvalue weighted by atomic mass is 9.81. The van der Waals surface area contributed by atoms with Crippen molar-refractivity contribution in [2.24, 2.45) is 17.6 Å². The minimum absolute atomic E-state index is 0.0567. The summed E-state index contributed by atoms with van der Waals surface area (Å²) in [6.07, 6.45) is 5.52. The first kappa shape index (κ1) is 31.2. The van der Waals surface area contributed by atoms with E-state index in [1.54, 1.807) is 43.5 Å². The maximum absolute atomic E-state index is 14.3. The number of carbonyl (C=O) groups excluding carboxylic acids is 2. The first-order valence-electron chi connectivity index (χ1n) is 15.3. The van der Waals surface area contributed by atoms with Gasteiger partial charge in [-0.15, -0.1) is 12.6 Å². The summed E-state index contributed by atoms with van der Waals surface area (Å²) >= 11 is 4.30. The van der Waals surface area contributed by atoms with Gasteiger partial charge in [0, 0.05) is 35.0 Å². The Morgan fingerprint density at radius 3 is 2.49 bits per heavy atom. The number of rotatable bonds is 9. The van der Waals surface area contributed by atoms with Crippen LogP contribution in [-0.4, -0.2) is 53.7 Å². The van der Waals surface area contributed by atoms with Gasteiger partial charge < -0.3 is 15.5 Å². The molecule has 45 heavy (non-hydrogen) atoms. The zero-order chi connectivity index (χ0) is 31.9. The van der Waals surface area contributed by atoms with Crippen LogP contribution in [0.2, 0.25) is 0 Å². The molecule has 2 heterocycles. The summed E-state index contributed by atoms with van der Waals surface area (Å²) in [7, 11) is -4.42. The lowest BCUT2D eigenvalue weighted by molar-refractivity contribution is -0.128. The molecule has 3 aromatic carbocycles. The lowest BCUT2D eigenvalue weighted by Gasteiger charge is -2.30. The number of para-hydroxylation sites is 1. The van der Waals surface area contributed by atoms with Crippen LogP contribution in [0.4, 0.5) is 4.79 Å². The number of aromatic nitrogens is 1. The molecule has 0 spiro atoms. The summed E-state index contributed by atoms with van der Waals surface area (Å²) in [6.45, 7) is 4.46. The van der Waals surface area contributed by atoms with Crippen molar-refractivity contribution in [2.45, 2.75) is 61.8 Å². The number of H-pyrrole nitrogens is 1. The van der Waals surface area contributed by atoms with Crippen LogP contribution < -0.4 is 10.5 Å². The summed E-state index contributed by atoms with van der Waals surface area (Å²) in [5.41, 5.74) is 9.24. The molecule has 3 N–H and O–H groups in total. The number of urea groups is 1. The quantitative estimate of drug-likeness (QED) is 0.147. The van der Waals surface area contributed by atoms with Crippen molar-refractivity contribution in [3.8, 4) is 11.5 Å². The van der Waals surface area contributed by atoms with Crippen molar-refractivity contribution < 1.29 is 22.7 Å². The number of thiol groups is 1. The second-order valence-electron chi connectivity index (χ2n) is 12.2. The molecule has 3 unspecified atom stereocenters. The first-order chi connectivity index (χ1) is 21.6. The van der Waals surface area contributed by atoms with E-state index in [1.165, 1.54) is 12.1 Å². The number of benzene rings is 3. The van der Waals surface area contributed by atoms with Crippen molar-refractivity contribution in [1.29, 1.82) is 0 Å². The fourth-order valence-electron chi connectivity index (χ4n) is 6.67. The Bertz CT molecular complexity index is 1850. The van der Waals surface area contributed by atoms with Crippen LogP contribution >= 0.6 is 12.6 Å². The van der Waals surface area contributed by atoms with E-state index in [0.717, 1.165) is 61.8 Å². The standard InChI is InChI=1S/C34H38N4O5S2/c1-21-5-3-8-29-25(19-36-32(21)29)17-30-33(39)37(20-24-7-4-6-23(16-24)18-35)34(40)38(30)45(41,42)28-13-14-31(22(2)15-28)43-26-9-11-27(44)12-10-26/h3,5,8-15,19,23-24,30,36,44H,4,6-7,16-18,20,35H2,1-2H3. The molecule has 1 saturated carbocycles. The number of hydrogen-bond donors (Lipinski definition) is 3. The first-order valence-corrected chi connectivity index (χ1v) is 17.2. The maximum Gasteiger partial charge on any atom is 0.341 e. The fourth-order valence-corrected chi connectivity index (χ4v) is 8.41. The molecule has 9 nitrogen and oxygen atoms in total. The zero-order valence-corrected chi connectivity index (χ0v) is 27.1. The summed E-state index contributed by atoms with van der Waals surface area (Å²) in [6, 6.07) is 15.4. The Hall–Kier alpha value is -3.80. The van der Waals surface area contributed by atoms with Gasteiger partial charge in [-0.25, -0.2) is 17.5 Å². The van der Waals surface area contributed by atoms with E-state index in [9.17, 15) is 18.0 Å². The number of nitrogens with one attached hydrogen (secondary N) is 1. The van der Waals surface area contributed by atoms with Crippen molar-refractivity contribution in [3.05, 3.63) is 83.6 Å². The third kappa shape index (κ3) is 6.08. The average Bonchev–Trinajstić information content (AvgIpc) is 3.54. The van der Waals surface area contributed by atoms with Gasteiger partial charge in [-0.3, -0.25) is 9.69 Å². The molecule has 2 fully saturated rings. The van der Waals surface area contributed by atoms with Crippen LogP contribution in [0, 0.1) is 25.7 Å². The smallest absolute Gasteiger partial charge is 0.341 e. The number of aromatic amines is 1. The molecule has 2 aliphatic rings. The Balaban J connectivity index is 1.34. The summed E-state index contributed by atoms with van der Waals surface area (Å²) in [4.78, 5) is 33.2. The van der Waals surface area contributed by atoms with Crippen molar-refractivity contribution >= 4 is 45.5 Å². The van der Waals surface area contributed by atoms with Gasteiger partial charge in [0.2, 0.25) is 0 Å². The molecule has 1 saturated heterocycles. The van der Waals surface area contributed by atoms with E-state index in [1.807, 2.05) is 25.1 Å². The molecular weight excluding hydrogens is 609 g/mol. The second-order valence-corrected chi connectivity index (χ2v) is 14.6. The highest BCUT2D eigenvalue weighted by Crippen LogP contribution is 2.36. The lowest BCUT2D eigenvalue weighted by Crippen LogP contribution is -2.42. The summed E-state index contributed by atoms with van der Waals surface area (Å²) < 4.78 is 35.4. The van der Waals surface area contributed by atoms with Crippen molar-refractivity contribution in [3.63, 3.8) is 0 Å². The van der Waals surface area contributed by atoms with E-state index in [2.05, 4.69) is 17.6 Å². The van der Waals surface area contributed by atoms with Crippen LogP contribution in [0.15, 0.2) is 76.7 Å². The number of fused-ring (bicyclic) bond motifs is 1. The Morgan fingerprint density at radius 1 is 1.00 bits per heavy atom. The topological polar surface area (TPSA) is 126 Å². The normalized spacial score (nSPS) is 20.8. The number of aryl methyl sites for hydroxylation is 2. The van der Waals surface area contributed by atoms with Crippen LogP contribution in [0.3, 0.4) is 0 Å². The molecule has 1 aliphatic carbocycles. The summed E-state index contributed by atoms with van der Waals surface area (Å²) in [5, 5.41) is 0.896. The maximum atomic E-state index is 14.3. The average molecular weight is 647 g/mol. The van der Waals surface area contributed by atoms with Gasteiger partial charge in [0.25, 0.3) is 15.9 Å². The molecule has 1 aliphatic heterocycles.